The van der Waals surface area contributed by atoms with Crippen LogP contribution >= 0.6 is 11.6 Å². The van der Waals surface area contributed by atoms with Crippen LogP contribution in [0.25, 0.3) is 0 Å². The van der Waals surface area contributed by atoms with Crippen LogP contribution in [0, 0.1) is 0 Å². The van der Waals surface area contributed by atoms with Gasteiger partial charge in [-0.25, -0.2) is 0 Å². The van der Waals surface area contributed by atoms with Gasteiger partial charge in [0.2, 0.25) is 5.91 Å². The summed E-state index contributed by atoms with van der Waals surface area (Å²) >= 11 is 6.11. The molecule has 19 heavy (non-hydrogen) atoms. The van der Waals surface area contributed by atoms with Crippen molar-refractivity contribution in [1.82, 2.24) is 4.90 Å². The Bertz CT molecular complexity index is 408. The molecule has 0 saturated heterocycles. The molecule has 0 heterocycles. The highest BCUT2D eigenvalue weighted by molar-refractivity contribution is 6.31. The number of ether oxygens (including phenoxy) is 1. The molecule has 1 amide bonds. The molecule has 0 aliphatic heterocycles. The van der Waals surface area contributed by atoms with E-state index in [1.54, 1.807) is 12.0 Å². The molecule has 1 unspecified atom stereocenters. The quantitative estimate of drug-likeness (QED) is 0.834. The predicted molar refractivity (Wildman–Crippen MR) is 77.0 cm³/mol. The van der Waals surface area contributed by atoms with Crippen molar-refractivity contribution in [2.45, 2.75) is 26.0 Å². The van der Waals surface area contributed by atoms with Crippen LogP contribution in [0.3, 0.4) is 0 Å². The summed E-state index contributed by atoms with van der Waals surface area (Å²) < 4.78 is 5.14. The molecule has 1 aromatic carbocycles. The van der Waals surface area contributed by atoms with E-state index in [0.717, 1.165) is 5.56 Å². The molecule has 0 saturated carbocycles. The van der Waals surface area contributed by atoms with E-state index < -0.39 is 0 Å². The molecule has 2 N–H and O–H groups in total. The van der Waals surface area contributed by atoms with Gasteiger partial charge in [-0.15, -0.1) is 0 Å². The molecule has 4 nitrogen and oxygen atoms in total. The monoisotopic (exact) mass is 284 g/mol. The number of rotatable bonds is 7. The van der Waals surface area contributed by atoms with E-state index in [4.69, 9.17) is 22.1 Å². The summed E-state index contributed by atoms with van der Waals surface area (Å²) in [4.78, 5) is 13.9. The zero-order chi connectivity index (χ0) is 14.3. The van der Waals surface area contributed by atoms with Gasteiger partial charge < -0.3 is 15.4 Å². The van der Waals surface area contributed by atoms with Gasteiger partial charge in [-0.05, 0) is 18.6 Å². The number of hydrogen-bond donors (Lipinski definition) is 1. The van der Waals surface area contributed by atoms with Gasteiger partial charge in [-0.3, -0.25) is 4.79 Å². The van der Waals surface area contributed by atoms with Gasteiger partial charge >= 0.3 is 0 Å². The van der Waals surface area contributed by atoms with E-state index in [1.165, 1.54) is 0 Å². The normalized spacial score (nSPS) is 12.2. The number of carbonyl (C=O) groups excluding carboxylic acids is 1. The van der Waals surface area contributed by atoms with E-state index in [9.17, 15) is 4.79 Å². The molecule has 1 atom stereocenters. The second-order valence-corrected chi connectivity index (χ2v) is 4.70. The number of benzene rings is 1. The third kappa shape index (κ3) is 4.82. The van der Waals surface area contributed by atoms with E-state index in [2.05, 4.69) is 0 Å². The van der Waals surface area contributed by atoms with Crippen molar-refractivity contribution in [2.75, 3.05) is 20.2 Å². The minimum Gasteiger partial charge on any atom is -0.380 e. The lowest BCUT2D eigenvalue weighted by Gasteiger charge is -2.23. The van der Waals surface area contributed by atoms with Crippen LogP contribution in [0.5, 0.6) is 0 Å². The smallest absolute Gasteiger partial charge is 0.225 e. The van der Waals surface area contributed by atoms with E-state index in [0.29, 0.717) is 31.1 Å². The maximum absolute atomic E-state index is 12.2. The van der Waals surface area contributed by atoms with Crippen LogP contribution in [0.1, 0.15) is 18.9 Å². The van der Waals surface area contributed by atoms with Crippen molar-refractivity contribution >= 4 is 17.5 Å². The molecule has 0 aliphatic rings. The van der Waals surface area contributed by atoms with Crippen LogP contribution in [0.2, 0.25) is 5.02 Å². The maximum Gasteiger partial charge on any atom is 0.225 e. The van der Waals surface area contributed by atoms with Crippen molar-refractivity contribution in [3.63, 3.8) is 0 Å². The minimum atomic E-state index is -0.229. The van der Waals surface area contributed by atoms with Gasteiger partial charge in [0.15, 0.2) is 0 Å². The number of carbonyl (C=O) groups is 1. The summed E-state index contributed by atoms with van der Waals surface area (Å²) in [5.74, 6) is 0.0275. The molecule has 106 valence electrons. The van der Waals surface area contributed by atoms with E-state index >= 15 is 0 Å². The lowest BCUT2D eigenvalue weighted by molar-refractivity contribution is -0.134. The fraction of sp³-hybridized carbons (Fsp3) is 0.500. The largest absolute Gasteiger partial charge is 0.380 e. The van der Waals surface area contributed by atoms with Gasteiger partial charge in [0.1, 0.15) is 0 Å². The standard InChI is InChI=1S/C14H21ClN2O2/c1-3-17(14(18)8-12(9-16)19-2)10-11-6-4-5-7-13(11)15/h4-7,12H,3,8-10,16H2,1-2H3. The summed E-state index contributed by atoms with van der Waals surface area (Å²) in [5.41, 5.74) is 6.48. The summed E-state index contributed by atoms with van der Waals surface area (Å²) in [7, 11) is 1.56. The highest BCUT2D eigenvalue weighted by Gasteiger charge is 2.17. The fourth-order valence-corrected chi connectivity index (χ4v) is 1.99. The summed E-state index contributed by atoms with van der Waals surface area (Å²) in [6.45, 7) is 3.42. The topological polar surface area (TPSA) is 55.6 Å². The third-order valence-electron chi connectivity index (χ3n) is 3.05. The average molecular weight is 285 g/mol. The second kappa shape index (κ2) is 8.15. The first kappa shape index (κ1) is 16.0. The highest BCUT2D eigenvalue weighted by Crippen LogP contribution is 2.17. The number of methoxy groups -OCH3 is 1. The SMILES string of the molecule is CCN(Cc1ccccc1Cl)C(=O)CC(CN)OC. The molecule has 0 aliphatic carbocycles. The maximum atomic E-state index is 12.2. The zero-order valence-corrected chi connectivity index (χ0v) is 12.2. The van der Waals surface area contributed by atoms with Crippen LogP contribution in [0.15, 0.2) is 24.3 Å². The second-order valence-electron chi connectivity index (χ2n) is 4.30. The Labute approximate surface area is 119 Å². The van der Waals surface area contributed by atoms with Crippen molar-refractivity contribution in [2.24, 2.45) is 5.73 Å². The Morgan fingerprint density at radius 2 is 2.16 bits per heavy atom. The van der Waals surface area contributed by atoms with E-state index in [-0.39, 0.29) is 12.0 Å². The van der Waals surface area contributed by atoms with Crippen molar-refractivity contribution in [3.8, 4) is 0 Å². The first-order valence-electron chi connectivity index (χ1n) is 6.36. The van der Waals surface area contributed by atoms with Crippen LogP contribution in [-0.4, -0.2) is 37.1 Å². The fourth-order valence-electron chi connectivity index (χ4n) is 1.80. The summed E-state index contributed by atoms with van der Waals surface area (Å²) in [6, 6.07) is 7.54. The van der Waals surface area contributed by atoms with Crippen LogP contribution in [-0.2, 0) is 16.1 Å². The Morgan fingerprint density at radius 3 is 2.68 bits per heavy atom. The Morgan fingerprint density at radius 1 is 1.47 bits per heavy atom. The number of hydrogen-bond acceptors (Lipinski definition) is 3. The molecule has 1 rings (SSSR count). The number of nitrogens with zero attached hydrogens (tertiary/aromatic N) is 1. The molecule has 5 heteroatoms. The lowest BCUT2D eigenvalue weighted by atomic mass is 10.2. The van der Waals surface area contributed by atoms with Gasteiger partial charge in [-0.1, -0.05) is 29.8 Å². The summed E-state index contributed by atoms with van der Waals surface area (Å²) in [5, 5.41) is 0.677. The van der Waals surface area contributed by atoms with Crippen molar-refractivity contribution < 1.29 is 9.53 Å². The Hall–Kier alpha value is -1.10. The number of halogens is 1. The zero-order valence-electron chi connectivity index (χ0n) is 11.4. The van der Waals surface area contributed by atoms with Gasteiger partial charge in [-0.2, -0.15) is 0 Å². The molecule has 0 aromatic heterocycles. The predicted octanol–water partition coefficient (Wildman–Crippen LogP) is 2.05. The number of nitrogens with two attached hydrogens (primary N) is 1. The van der Waals surface area contributed by atoms with Gasteiger partial charge in [0.25, 0.3) is 0 Å². The third-order valence-corrected chi connectivity index (χ3v) is 3.42. The average Bonchev–Trinajstić information content (AvgIpc) is 2.43. The van der Waals surface area contributed by atoms with Crippen molar-refractivity contribution in [1.29, 1.82) is 0 Å². The molecular weight excluding hydrogens is 264 g/mol. The summed E-state index contributed by atoms with van der Waals surface area (Å²) in [6.07, 6.45) is 0.0680. The molecule has 0 spiro atoms. The van der Waals surface area contributed by atoms with E-state index in [1.807, 2.05) is 31.2 Å². The van der Waals surface area contributed by atoms with Crippen LogP contribution < -0.4 is 5.73 Å². The number of amides is 1. The minimum absolute atomic E-state index is 0.0275. The van der Waals surface area contributed by atoms with Crippen molar-refractivity contribution in [3.05, 3.63) is 34.9 Å². The van der Waals surface area contributed by atoms with Crippen LogP contribution in [0.4, 0.5) is 0 Å². The molecule has 1 aromatic rings. The highest BCUT2D eigenvalue weighted by atomic mass is 35.5. The molecule has 0 bridgehead atoms. The molecular formula is C14H21ClN2O2. The molecule has 0 radical (unpaired) electrons. The first-order chi connectivity index (χ1) is 9.12. The lowest BCUT2D eigenvalue weighted by Crippen LogP contribution is -2.35. The Balaban J connectivity index is 2.68. The Kier molecular flexibility index (Phi) is 6.84. The first-order valence-corrected chi connectivity index (χ1v) is 6.74. The van der Waals surface area contributed by atoms with Gasteiger partial charge in [0, 0.05) is 31.8 Å². The van der Waals surface area contributed by atoms with Gasteiger partial charge in [0.05, 0.1) is 12.5 Å². The molecule has 0 fully saturated rings.